The quantitative estimate of drug-likeness (QED) is 0.574. The molecular weight excluding hydrogens is 314 g/mol. The summed E-state index contributed by atoms with van der Waals surface area (Å²) in [4.78, 5) is 11.8. The first-order valence-electron chi connectivity index (χ1n) is 8.39. The molecule has 0 spiro atoms. The van der Waals surface area contributed by atoms with Gasteiger partial charge in [-0.05, 0) is 25.3 Å². The van der Waals surface area contributed by atoms with Crippen LogP contribution in [-0.2, 0) is 4.74 Å². The van der Waals surface area contributed by atoms with E-state index < -0.39 is 0 Å². The third kappa shape index (κ3) is 4.83. The van der Waals surface area contributed by atoms with Crippen molar-refractivity contribution in [2.75, 3.05) is 13.4 Å². The van der Waals surface area contributed by atoms with Gasteiger partial charge < -0.3 is 14.0 Å². The summed E-state index contributed by atoms with van der Waals surface area (Å²) in [5.74, 6) is 0.696. The van der Waals surface area contributed by atoms with Crippen LogP contribution in [0.2, 0.25) is 0 Å². The van der Waals surface area contributed by atoms with Gasteiger partial charge in [0.25, 0.3) is 0 Å². The van der Waals surface area contributed by atoms with Crippen molar-refractivity contribution in [2.24, 2.45) is 5.41 Å². The van der Waals surface area contributed by atoms with Crippen molar-refractivity contribution in [3.8, 4) is 11.4 Å². The maximum Gasteiger partial charge on any atom is 0.189 e. The average Bonchev–Trinajstić information content (AvgIpc) is 2.50. The van der Waals surface area contributed by atoms with E-state index in [-0.39, 0.29) is 17.6 Å². The second kappa shape index (κ2) is 7.70. The zero-order valence-corrected chi connectivity index (χ0v) is 15.8. The fourth-order valence-electron chi connectivity index (χ4n) is 2.73. The second-order valence-electron chi connectivity index (χ2n) is 7.38. The van der Waals surface area contributed by atoms with Crippen molar-refractivity contribution in [3.63, 3.8) is 0 Å². The molecule has 0 aliphatic carbocycles. The van der Waals surface area contributed by atoms with Gasteiger partial charge in [0.1, 0.15) is 5.75 Å². The van der Waals surface area contributed by atoms with E-state index in [9.17, 15) is 4.79 Å². The van der Waals surface area contributed by atoms with Gasteiger partial charge in [0.05, 0.1) is 12.3 Å². The Balaban J connectivity index is 2.40. The highest BCUT2D eigenvalue weighted by atomic mass is 16.7. The van der Waals surface area contributed by atoms with Crippen LogP contribution in [0.5, 0.6) is 5.75 Å². The van der Waals surface area contributed by atoms with Gasteiger partial charge in [-0.2, -0.15) is 0 Å². The van der Waals surface area contributed by atoms with Gasteiger partial charge in [0, 0.05) is 29.1 Å². The Hall–Kier alpha value is -2.33. The van der Waals surface area contributed by atoms with Crippen LogP contribution in [0.15, 0.2) is 41.7 Å². The number of pyridine rings is 1. The van der Waals surface area contributed by atoms with Gasteiger partial charge in [-0.3, -0.25) is 4.79 Å². The van der Waals surface area contributed by atoms with Crippen LogP contribution in [0, 0.1) is 19.3 Å². The highest BCUT2D eigenvalue weighted by Crippen LogP contribution is 2.30. The summed E-state index contributed by atoms with van der Waals surface area (Å²) in [5, 5.41) is 0. The lowest BCUT2D eigenvalue weighted by atomic mass is 9.99. The third-order valence-corrected chi connectivity index (χ3v) is 3.71. The number of hydrogen-bond acceptors (Lipinski definition) is 3. The van der Waals surface area contributed by atoms with Crippen molar-refractivity contribution in [1.29, 1.82) is 0 Å². The monoisotopic (exact) mass is 341 g/mol. The van der Waals surface area contributed by atoms with Crippen LogP contribution in [0.25, 0.3) is 11.8 Å². The highest BCUT2D eigenvalue weighted by molar-refractivity contribution is 5.66. The van der Waals surface area contributed by atoms with Crippen LogP contribution in [0.1, 0.15) is 37.7 Å². The van der Waals surface area contributed by atoms with Gasteiger partial charge in [-0.25, -0.2) is 0 Å². The standard InChI is InChI=1S/C21H27NO3/c1-7-17-9-8-10-19(25-14-24-13-21(4,5)6)20(17)22-15(2)11-18(23)12-16(22)3/h7-12H,1,13-14H2,2-6H3. The Labute approximate surface area is 149 Å². The van der Waals surface area contributed by atoms with E-state index in [0.29, 0.717) is 12.4 Å². The summed E-state index contributed by atoms with van der Waals surface area (Å²) in [7, 11) is 0. The Morgan fingerprint density at radius 1 is 1.16 bits per heavy atom. The van der Waals surface area contributed by atoms with Crippen LogP contribution >= 0.6 is 0 Å². The number of aromatic nitrogens is 1. The molecule has 1 aromatic heterocycles. The summed E-state index contributed by atoms with van der Waals surface area (Å²) in [6.07, 6.45) is 1.79. The van der Waals surface area contributed by atoms with Crippen molar-refractivity contribution < 1.29 is 9.47 Å². The molecule has 0 N–H and O–H groups in total. The van der Waals surface area contributed by atoms with Crippen molar-refractivity contribution in [1.82, 2.24) is 4.57 Å². The number of hydrogen-bond donors (Lipinski definition) is 0. The fourth-order valence-corrected chi connectivity index (χ4v) is 2.73. The average molecular weight is 341 g/mol. The molecule has 25 heavy (non-hydrogen) atoms. The first-order chi connectivity index (χ1) is 11.7. The SMILES string of the molecule is C=Cc1cccc(OCOCC(C)(C)C)c1-n1c(C)cc(=O)cc1C. The molecule has 0 amide bonds. The minimum absolute atomic E-state index is 0.00156. The lowest BCUT2D eigenvalue weighted by Gasteiger charge is -2.22. The molecule has 0 radical (unpaired) electrons. The summed E-state index contributed by atoms with van der Waals surface area (Å²) >= 11 is 0. The van der Waals surface area contributed by atoms with Crippen molar-refractivity contribution >= 4 is 6.08 Å². The van der Waals surface area contributed by atoms with E-state index >= 15 is 0 Å². The first-order valence-corrected chi connectivity index (χ1v) is 8.39. The second-order valence-corrected chi connectivity index (χ2v) is 7.38. The summed E-state index contributed by atoms with van der Waals surface area (Å²) in [5.41, 5.74) is 3.58. The van der Waals surface area contributed by atoms with Crippen LogP contribution in [0.4, 0.5) is 0 Å². The predicted molar refractivity (Wildman–Crippen MR) is 103 cm³/mol. The van der Waals surface area contributed by atoms with E-state index in [1.807, 2.05) is 36.6 Å². The molecule has 4 nitrogen and oxygen atoms in total. The Morgan fingerprint density at radius 3 is 2.36 bits per heavy atom. The molecule has 0 aliphatic heterocycles. The zero-order chi connectivity index (χ0) is 18.6. The molecule has 1 aromatic carbocycles. The summed E-state index contributed by atoms with van der Waals surface area (Å²) in [6.45, 7) is 14.8. The predicted octanol–water partition coefficient (Wildman–Crippen LogP) is 4.50. The van der Waals surface area contributed by atoms with Gasteiger partial charge in [-0.1, -0.05) is 45.6 Å². The molecule has 0 fully saturated rings. The number of ether oxygens (including phenoxy) is 2. The van der Waals surface area contributed by atoms with Gasteiger partial charge in [0.2, 0.25) is 0 Å². The van der Waals surface area contributed by atoms with E-state index in [0.717, 1.165) is 22.6 Å². The molecule has 2 rings (SSSR count). The number of para-hydroxylation sites is 1. The Morgan fingerprint density at radius 2 is 1.80 bits per heavy atom. The Bertz CT molecular complexity index is 787. The van der Waals surface area contributed by atoms with Gasteiger partial charge in [0.15, 0.2) is 12.2 Å². The number of aryl methyl sites for hydroxylation is 2. The largest absolute Gasteiger partial charge is 0.465 e. The molecular formula is C21H27NO3. The van der Waals surface area contributed by atoms with Crippen LogP contribution < -0.4 is 10.2 Å². The molecule has 0 saturated heterocycles. The molecule has 0 unspecified atom stereocenters. The molecule has 0 aliphatic rings. The summed E-state index contributed by atoms with van der Waals surface area (Å²) < 4.78 is 13.6. The van der Waals surface area contributed by atoms with Gasteiger partial charge in [-0.15, -0.1) is 0 Å². The zero-order valence-electron chi connectivity index (χ0n) is 15.8. The minimum atomic E-state index is -0.00156. The van der Waals surface area contributed by atoms with E-state index in [1.54, 1.807) is 18.2 Å². The van der Waals surface area contributed by atoms with Crippen molar-refractivity contribution in [2.45, 2.75) is 34.6 Å². The minimum Gasteiger partial charge on any atom is -0.465 e. The van der Waals surface area contributed by atoms with Crippen LogP contribution in [0.3, 0.4) is 0 Å². The third-order valence-electron chi connectivity index (χ3n) is 3.71. The molecule has 1 heterocycles. The number of rotatable bonds is 6. The molecule has 4 heteroatoms. The van der Waals surface area contributed by atoms with Gasteiger partial charge >= 0.3 is 0 Å². The first kappa shape index (κ1) is 19.0. The maximum atomic E-state index is 11.8. The smallest absolute Gasteiger partial charge is 0.189 e. The molecule has 134 valence electrons. The van der Waals surface area contributed by atoms with Crippen molar-refractivity contribution in [3.05, 3.63) is 64.1 Å². The normalized spacial score (nSPS) is 11.4. The molecule has 0 bridgehead atoms. The maximum absolute atomic E-state index is 11.8. The molecule has 2 aromatic rings. The number of benzene rings is 1. The molecule has 0 saturated carbocycles. The molecule has 0 atom stereocenters. The topological polar surface area (TPSA) is 40.5 Å². The lowest BCUT2D eigenvalue weighted by Crippen LogP contribution is -2.18. The number of nitrogens with zero attached hydrogens (tertiary/aromatic N) is 1. The Kier molecular flexibility index (Phi) is 5.85. The lowest BCUT2D eigenvalue weighted by molar-refractivity contribution is -0.0175. The summed E-state index contributed by atoms with van der Waals surface area (Å²) in [6, 6.07) is 9.04. The van der Waals surface area contributed by atoms with E-state index in [1.165, 1.54) is 0 Å². The highest BCUT2D eigenvalue weighted by Gasteiger charge is 2.15. The van der Waals surface area contributed by atoms with E-state index in [4.69, 9.17) is 9.47 Å². The van der Waals surface area contributed by atoms with Crippen LogP contribution in [-0.4, -0.2) is 18.0 Å². The fraction of sp³-hybridized carbons (Fsp3) is 0.381. The van der Waals surface area contributed by atoms with E-state index in [2.05, 4.69) is 27.4 Å².